The standard InChI is InChI=1S/C20H21N3O2S/c1-14-8-10-18(12-16(14)3)26(24,25)23-17-9-11-20(21-13-17)22-19-7-5-4-6-15(19)2/h4-13,23H,1-3H3,(H,21,22). The van der Waals surface area contributed by atoms with Gasteiger partial charge in [-0.25, -0.2) is 13.4 Å². The summed E-state index contributed by atoms with van der Waals surface area (Å²) < 4.78 is 27.6. The van der Waals surface area contributed by atoms with Gasteiger partial charge in [-0.05, 0) is 67.8 Å². The van der Waals surface area contributed by atoms with Crippen LogP contribution in [0.5, 0.6) is 0 Å². The molecule has 3 rings (SSSR count). The molecule has 0 fully saturated rings. The molecule has 26 heavy (non-hydrogen) atoms. The van der Waals surface area contributed by atoms with Crippen molar-refractivity contribution in [3.05, 3.63) is 77.5 Å². The maximum atomic E-state index is 12.5. The summed E-state index contributed by atoms with van der Waals surface area (Å²) in [6.07, 6.45) is 1.50. The average molecular weight is 367 g/mol. The minimum atomic E-state index is -3.64. The van der Waals surface area contributed by atoms with E-state index in [0.29, 0.717) is 11.5 Å². The molecule has 134 valence electrons. The number of nitrogens with one attached hydrogen (secondary N) is 2. The van der Waals surface area contributed by atoms with Gasteiger partial charge in [0.2, 0.25) is 0 Å². The normalized spacial score (nSPS) is 11.2. The number of hydrogen-bond donors (Lipinski definition) is 2. The molecule has 0 aliphatic heterocycles. The Balaban J connectivity index is 1.76. The van der Waals surface area contributed by atoms with Crippen LogP contribution in [-0.2, 0) is 10.0 Å². The Bertz CT molecular complexity index is 1030. The van der Waals surface area contributed by atoms with Crippen LogP contribution < -0.4 is 10.0 Å². The quantitative estimate of drug-likeness (QED) is 0.694. The highest BCUT2D eigenvalue weighted by molar-refractivity contribution is 7.92. The van der Waals surface area contributed by atoms with Crippen molar-refractivity contribution in [1.29, 1.82) is 0 Å². The van der Waals surface area contributed by atoms with Crippen LogP contribution in [0.1, 0.15) is 16.7 Å². The summed E-state index contributed by atoms with van der Waals surface area (Å²) in [6.45, 7) is 5.85. The second-order valence-corrected chi connectivity index (χ2v) is 7.91. The number of benzene rings is 2. The van der Waals surface area contributed by atoms with Gasteiger partial charge >= 0.3 is 0 Å². The lowest BCUT2D eigenvalue weighted by atomic mass is 10.1. The van der Waals surface area contributed by atoms with Gasteiger partial charge in [0.05, 0.1) is 16.8 Å². The molecule has 2 aromatic carbocycles. The first-order valence-electron chi connectivity index (χ1n) is 8.24. The Morgan fingerprint density at radius 2 is 1.62 bits per heavy atom. The van der Waals surface area contributed by atoms with E-state index in [0.717, 1.165) is 22.4 Å². The molecule has 0 atom stereocenters. The highest BCUT2D eigenvalue weighted by Gasteiger charge is 2.15. The SMILES string of the molecule is Cc1ccc(S(=O)(=O)Nc2ccc(Nc3ccccc3C)nc2)cc1C. The molecule has 0 saturated heterocycles. The summed E-state index contributed by atoms with van der Waals surface area (Å²) in [7, 11) is -3.64. The summed E-state index contributed by atoms with van der Waals surface area (Å²) in [5.41, 5.74) is 4.47. The molecule has 2 N–H and O–H groups in total. The predicted octanol–water partition coefficient (Wildman–Crippen LogP) is 4.55. The number of aryl methyl sites for hydroxylation is 3. The van der Waals surface area contributed by atoms with E-state index in [4.69, 9.17) is 0 Å². The highest BCUT2D eigenvalue weighted by atomic mass is 32.2. The smallest absolute Gasteiger partial charge is 0.261 e. The van der Waals surface area contributed by atoms with Crippen molar-refractivity contribution in [1.82, 2.24) is 4.98 Å². The van der Waals surface area contributed by atoms with Crippen LogP contribution >= 0.6 is 0 Å². The van der Waals surface area contributed by atoms with E-state index in [1.807, 2.05) is 45.0 Å². The van der Waals surface area contributed by atoms with E-state index in [9.17, 15) is 8.42 Å². The van der Waals surface area contributed by atoms with E-state index in [1.54, 1.807) is 30.3 Å². The summed E-state index contributed by atoms with van der Waals surface area (Å²) in [4.78, 5) is 4.53. The lowest BCUT2D eigenvalue weighted by Crippen LogP contribution is -2.13. The Kier molecular flexibility index (Phi) is 4.95. The summed E-state index contributed by atoms with van der Waals surface area (Å²) in [5, 5.41) is 3.22. The van der Waals surface area contributed by atoms with Crippen molar-refractivity contribution in [3.8, 4) is 0 Å². The number of hydrogen-bond acceptors (Lipinski definition) is 4. The molecule has 0 aliphatic carbocycles. The van der Waals surface area contributed by atoms with Gasteiger partial charge in [0.1, 0.15) is 5.82 Å². The molecule has 6 heteroatoms. The number of nitrogens with zero attached hydrogens (tertiary/aromatic N) is 1. The molecule has 0 saturated carbocycles. The molecule has 0 radical (unpaired) electrons. The van der Waals surface area contributed by atoms with E-state index >= 15 is 0 Å². The topological polar surface area (TPSA) is 71.1 Å². The van der Waals surface area contributed by atoms with Crippen molar-refractivity contribution in [3.63, 3.8) is 0 Å². The Morgan fingerprint density at radius 1 is 0.846 bits per heavy atom. The monoisotopic (exact) mass is 367 g/mol. The molecule has 0 spiro atoms. The fraction of sp³-hybridized carbons (Fsp3) is 0.150. The second kappa shape index (κ2) is 7.17. The first kappa shape index (κ1) is 17.9. The third-order valence-electron chi connectivity index (χ3n) is 4.21. The lowest BCUT2D eigenvalue weighted by Gasteiger charge is -2.11. The Hall–Kier alpha value is -2.86. The van der Waals surface area contributed by atoms with Crippen LogP contribution in [0.2, 0.25) is 0 Å². The van der Waals surface area contributed by atoms with E-state index in [-0.39, 0.29) is 4.90 Å². The van der Waals surface area contributed by atoms with Crippen molar-refractivity contribution < 1.29 is 8.42 Å². The molecule has 3 aromatic rings. The van der Waals surface area contributed by atoms with Gasteiger partial charge in [0.15, 0.2) is 0 Å². The average Bonchev–Trinajstić information content (AvgIpc) is 2.60. The Morgan fingerprint density at radius 3 is 2.27 bits per heavy atom. The zero-order valence-corrected chi connectivity index (χ0v) is 15.8. The molecule has 1 heterocycles. The summed E-state index contributed by atoms with van der Waals surface area (Å²) in [6, 6.07) is 16.4. The molecule has 0 amide bonds. The Labute approximate surface area is 154 Å². The number of aromatic nitrogens is 1. The van der Waals surface area contributed by atoms with E-state index in [1.165, 1.54) is 6.20 Å². The van der Waals surface area contributed by atoms with Crippen LogP contribution in [-0.4, -0.2) is 13.4 Å². The number of sulfonamides is 1. The fourth-order valence-electron chi connectivity index (χ4n) is 2.47. The van der Waals surface area contributed by atoms with Crippen LogP contribution in [0.4, 0.5) is 17.2 Å². The van der Waals surface area contributed by atoms with Gasteiger partial charge in [-0.2, -0.15) is 0 Å². The predicted molar refractivity (Wildman–Crippen MR) is 105 cm³/mol. The molecule has 1 aromatic heterocycles. The molecular weight excluding hydrogens is 346 g/mol. The zero-order chi connectivity index (χ0) is 18.7. The molecule has 5 nitrogen and oxygen atoms in total. The van der Waals surface area contributed by atoms with Gasteiger partial charge in [-0.1, -0.05) is 24.3 Å². The maximum absolute atomic E-state index is 12.5. The van der Waals surface area contributed by atoms with Gasteiger partial charge in [-0.15, -0.1) is 0 Å². The third kappa shape index (κ3) is 4.03. The number of para-hydroxylation sites is 1. The highest BCUT2D eigenvalue weighted by Crippen LogP contribution is 2.21. The molecular formula is C20H21N3O2S. The van der Waals surface area contributed by atoms with Gasteiger partial charge in [-0.3, -0.25) is 4.72 Å². The molecule has 0 unspecified atom stereocenters. The van der Waals surface area contributed by atoms with Gasteiger partial charge < -0.3 is 5.32 Å². The maximum Gasteiger partial charge on any atom is 0.261 e. The zero-order valence-electron chi connectivity index (χ0n) is 14.9. The van der Waals surface area contributed by atoms with Gasteiger partial charge in [0.25, 0.3) is 10.0 Å². The number of pyridine rings is 1. The largest absolute Gasteiger partial charge is 0.340 e. The first-order valence-corrected chi connectivity index (χ1v) is 9.72. The lowest BCUT2D eigenvalue weighted by molar-refractivity contribution is 0.601. The summed E-state index contributed by atoms with van der Waals surface area (Å²) >= 11 is 0. The number of rotatable bonds is 5. The van der Waals surface area contributed by atoms with E-state index < -0.39 is 10.0 Å². The second-order valence-electron chi connectivity index (χ2n) is 6.22. The van der Waals surface area contributed by atoms with Crippen LogP contribution in [0.3, 0.4) is 0 Å². The molecule has 0 aliphatic rings. The first-order chi connectivity index (χ1) is 12.3. The summed E-state index contributed by atoms with van der Waals surface area (Å²) in [5.74, 6) is 0.647. The fourth-order valence-corrected chi connectivity index (χ4v) is 3.60. The van der Waals surface area contributed by atoms with Crippen LogP contribution in [0, 0.1) is 20.8 Å². The van der Waals surface area contributed by atoms with Crippen molar-refractivity contribution in [2.45, 2.75) is 25.7 Å². The minimum absolute atomic E-state index is 0.239. The minimum Gasteiger partial charge on any atom is -0.340 e. The van der Waals surface area contributed by atoms with E-state index in [2.05, 4.69) is 15.0 Å². The van der Waals surface area contributed by atoms with Crippen molar-refractivity contribution in [2.75, 3.05) is 10.0 Å². The van der Waals surface area contributed by atoms with Crippen LogP contribution in [0.15, 0.2) is 65.7 Å². The third-order valence-corrected chi connectivity index (χ3v) is 5.59. The number of anilines is 3. The van der Waals surface area contributed by atoms with Crippen molar-refractivity contribution >= 4 is 27.2 Å². The molecule has 0 bridgehead atoms. The van der Waals surface area contributed by atoms with Crippen LogP contribution in [0.25, 0.3) is 0 Å². The van der Waals surface area contributed by atoms with Crippen molar-refractivity contribution in [2.24, 2.45) is 0 Å². The van der Waals surface area contributed by atoms with Gasteiger partial charge in [0, 0.05) is 5.69 Å².